The van der Waals surface area contributed by atoms with Crippen LogP contribution in [0.5, 0.6) is 0 Å². The molecule has 0 fully saturated rings. The molecule has 1 heterocycles. The van der Waals surface area contributed by atoms with E-state index >= 15 is 0 Å². The molecule has 1 nitrogen and oxygen atoms in total. The van der Waals surface area contributed by atoms with Crippen LogP contribution >= 0.6 is 0 Å². The van der Waals surface area contributed by atoms with Crippen LogP contribution in [0.4, 0.5) is 0 Å². The highest BCUT2D eigenvalue weighted by molar-refractivity contribution is 5.90. The molecular weight excluding hydrogens is 254 g/mol. The van der Waals surface area contributed by atoms with Crippen LogP contribution in [0.2, 0.25) is 0 Å². The van der Waals surface area contributed by atoms with E-state index in [1.165, 1.54) is 27.8 Å². The second-order valence-corrected chi connectivity index (χ2v) is 6.30. The smallest absolute Gasteiger partial charge is 0.0455 e. The Bertz CT molecular complexity index is 703. The van der Waals surface area contributed by atoms with Crippen molar-refractivity contribution in [2.75, 3.05) is 0 Å². The van der Waals surface area contributed by atoms with E-state index in [9.17, 15) is 0 Å². The minimum Gasteiger partial charge on any atom is -0.316 e. The maximum Gasteiger partial charge on any atom is 0.0455 e. The van der Waals surface area contributed by atoms with Gasteiger partial charge >= 0.3 is 0 Å². The van der Waals surface area contributed by atoms with Crippen molar-refractivity contribution < 1.29 is 0 Å². The lowest BCUT2D eigenvalue weighted by Crippen LogP contribution is -2.07. The first-order valence-electron chi connectivity index (χ1n) is 7.80. The van der Waals surface area contributed by atoms with Gasteiger partial charge in [-0.1, -0.05) is 70.2 Å². The van der Waals surface area contributed by atoms with Crippen LogP contribution < -0.4 is 0 Å². The molecule has 0 spiro atoms. The summed E-state index contributed by atoms with van der Waals surface area (Å²) >= 11 is 0. The van der Waals surface area contributed by atoms with Gasteiger partial charge in [0, 0.05) is 27.8 Å². The number of para-hydroxylation sites is 1. The minimum absolute atomic E-state index is 0.489. The summed E-state index contributed by atoms with van der Waals surface area (Å²) in [5.41, 5.74) is 4.10. The van der Waals surface area contributed by atoms with Crippen LogP contribution in [0, 0.1) is 0 Å². The van der Waals surface area contributed by atoms with Crippen molar-refractivity contribution in [3.05, 3.63) is 66.0 Å². The molecule has 0 amide bonds. The van der Waals surface area contributed by atoms with Gasteiger partial charge in [-0.25, -0.2) is 0 Å². The average Bonchev–Trinajstić information content (AvgIpc) is 2.83. The van der Waals surface area contributed by atoms with Crippen molar-refractivity contribution in [3.63, 3.8) is 0 Å². The molecule has 0 saturated heterocycles. The lowest BCUT2D eigenvalue weighted by molar-refractivity contribution is 0.733. The normalized spacial score (nSPS) is 11.7. The highest BCUT2D eigenvalue weighted by atomic mass is 15.0. The van der Waals surface area contributed by atoms with E-state index in [0.29, 0.717) is 11.8 Å². The topological polar surface area (TPSA) is 4.93 Å². The first kappa shape index (κ1) is 13.9. The Morgan fingerprint density at radius 3 is 1.48 bits per heavy atom. The third-order valence-electron chi connectivity index (χ3n) is 4.07. The molecule has 0 saturated carbocycles. The molecule has 0 bridgehead atoms. The van der Waals surface area contributed by atoms with E-state index in [0.717, 1.165) is 0 Å². The Kier molecular flexibility index (Phi) is 3.59. The zero-order valence-electron chi connectivity index (χ0n) is 13.3. The van der Waals surface area contributed by atoms with Crippen LogP contribution in [-0.4, -0.2) is 4.57 Å². The highest BCUT2D eigenvalue weighted by Gasteiger charge is 2.21. The Balaban J connectivity index is 2.45. The van der Waals surface area contributed by atoms with Gasteiger partial charge in [0.25, 0.3) is 0 Å². The Morgan fingerprint density at radius 2 is 1.05 bits per heavy atom. The lowest BCUT2D eigenvalue weighted by Gasteiger charge is -2.18. The average molecular weight is 277 g/mol. The number of rotatable bonds is 3. The van der Waals surface area contributed by atoms with Gasteiger partial charge in [-0.05, 0) is 24.0 Å². The number of hydrogen-bond acceptors (Lipinski definition) is 0. The van der Waals surface area contributed by atoms with E-state index in [4.69, 9.17) is 0 Å². The molecule has 1 aromatic heterocycles. The van der Waals surface area contributed by atoms with E-state index in [1.54, 1.807) is 0 Å². The molecule has 0 radical (unpaired) electrons. The van der Waals surface area contributed by atoms with Crippen molar-refractivity contribution in [2.24, 2.45) is 0 Å². The van der Waals surface area contributed by atoms with Crippen LogP contribution in [0.15, 0.2) is 54.6 Å². The van der Waals surface area contributed by atoms with Gasteiger partial charge in [-0.15, -0.1) is 0 Å². The van der Waals surface area contributed by atoms with Gasteiger partial charge in [0.2, 0.25) is 0 Å². The van der Waals surface area contributed by atoms with Gasteiger partial charge in [-0.2, -0.15) is 0 Å². The summed E-state index contributed by atoms with van der Waals surface area (Å²) in [4.78, 5) is 0. The Morgan fingerprint density at radius 1 is 0.619 bits per heavy atom. The number of nitrogens with zero attached hydrogens (tertiary/aromatic N) is 1. The van der Waals surface area contributed by atoms with Gasteiger partial charge in [0.1, 0.15) is 0 Å². The molecular formula is C20H23N. The summed E-state index contributed by atoms with van der Waals surface area (Å²) in [6, 6.07) is 19.5. The Labute approximate surface area is 127 Å². The second-order valence-electron chi connectivity index (χ2n) is 6.30. The molecule has 3 aromatic rings. The van der Waals surface area contributed by atoms with Crippen LogP contribution in [0.1, 0.15) is 50.9 Å². The van der Waals surface area contributed by atoms with Crippen molar-refractivity contribution in [2.45, 2.75) is 39.5 Å². The number of aromatic nitrogens is 1. The maximum absolute atomic E-state index is 2.47. The second kappa shape index (κ2) is 5.40. The third-order valence-corrected chi connectivity index (χ3v) is 4.07. The molecule has 0 N–H and O–H groups in total. The third kappa shape index (κ3) is 2.27. The van der Waals surface area contributed by atoms with Crippen molar-refractivity contribution >= 4 is 10.8 Å². The predicted molar refractivity (Wildman–Crippen MR) is 91.5 cm³/mol. The summed E-state index contributed by atoms with van der Waals surface area (Å²) in [6.45, 7) is 9.13. The fraction of sp³-hybridized carbons (Fsp3) is 0.300. The molecule has 2 aromatic carbocycles. The molecule has 0 atom stereocenters. The van der Waals surface area contributed by atoms with Crippen LogP contribution in [0.25, 0.3) is 16.5 Å². The maximum atomic E-state index is 2.47. The quantitative estimate of drug-likeness (QED) is 0.563. The standard InChI is InChI=1S/C20H23N/c1-14(2)19-17-12-8-9-13-18(17)20(15(3)4)21(19)16-10-6-5-7-11-16/h5-15H,1-4H3. The van der Waals surface area contributed by atoms with Gasteiger partial charge in [-0.3, -0.25) is 0 Å². The number of benzene rings is 2. The van der Waals surface area contributed by atoms with E-state index in [1.807, 2.05) is 0 Å². The molecule has 0 unspecified atom stereocenters. The van der Waals surface area contributed by atoms with E-state index in [2.05, 4.69) is 86.9 Å². The number of fused-ring (bicyclic) bond motifs is 1. The summed E-state index contributed by atoms with van der Waals surface area (Å²) in [6.07, 6.45) is 0. The lowest BCUT2D eigenvalue weighted by atomic mass is 10.0. The summed E-state index contributed by atoms with van der Waals surface area (Å²) in [5.74, 6) is 0.977. The minimum atomic E-state index is 0.489. The summed E-state index contributed by atoms with van der Waals surface area (Å²) < 4.78 is 2.47. The molecule has 108 valence electrons. The zero-order valence-corrected chi connectivity index (χ0v) is 13.3. The molecule has 0 aliphatic carbocycles. The van der Waals surface area contributed by atoms with Gasteiger partial charge in [0.05, 0.1) is 0 Å². The van der Waals surface area contributed by atoms with Crippen molar-refractivity contribution in [1.29, 1.82) is 0 Å². The van der Waals surface area contributed by atoms with E-state index < -0.39 is 0 Å². The number of hydrogen-bond donors (Lipinski definition) is 0. The Hall–Kier alpha value is -2.02. The largest absolute Gasteiger partial charge is 0.316 e. The monoisotopic (exact) mass is 277 g/mol. The molecule has 1 heteroatoms. The van der Waals surface area contributed by atoms with Crippen molar-refractivity contribution in [3.8, 4) is 5.69 Å². The first-order valence-corrected chi connectivity index (χ1v) is 7.80. The SMILES string of the molecule is CC(C)c1c2ccccc2c(C(C)C)n1-c1ccccc1. The zero-order chi connectivity index (χ0) is 15.0. The van der Waals surface area contributed by atoms with Crippen LogP contribution in [0.3, 0.4) is 0 Å². The van der Waals surface area contributed by atoms with Crippen LogP contribution in [-0.2, 0) is 0 Å². The first-order chi connectivity index (χ1) is 10.1. The highest BCUT2D eigenvalue weighted by Crippen LogP contribution is 2.37. The van der Waals surface area contributed by atoms with Gasteiger partial charge < -0.3 is 4.57 Å². The van der Waals surface area contributed by atoms with E-state index in [-0.39, 0.29) is 0 Å². The van der Waals surface area contributed by atoms with Gasteiger partial charge in [0.15, 0.2) is 0 Å². The predicted octanol–water partition coefficient (Wildman–Crippen LogP) is 5.88. The molecule has 21 heavy (non-hydrogen) atoms. The summed E-state index contributed by atoms with van der Waals surface area (Å²) in [5, 5.41) is 2.78. The molecule has 3 rings (SSSR count). The summed E-state index contributed by atoms with van der Waals surface area (Å²) in [7, 11) is 0. The fourth-order valence-electron chi connectivity index (χ4n) is 3.29. The fourth-order valence-corrected chi connectivity index (χ4v) is 3.29. The molecule has 0 aliphatic heterocycles. The molecule has 0 aliphatic rings. The van der Waals surface area contributed by atoms with Crippen molar-refractivity contribution in [1.82, 2.24) is 4.57 Å².